The van der Waals surface area contributed by atoms with Gasteiger partial charge < -0.3 is 9.47 Å². The zero-order chi connectivity index (χ0) is 26.7. The lowest BCUT2D eigenvalue weighted by Gasteiger charge is -2.08. The Morgan fingerprint density at radius 2 is 1.16 bits per heavy atom. The summed E-state index contributed by atoms with van der Waals surface area (Å²) in [4.78, 5) is 24.3. The quantitative estimate of drug-likeness (QED) is 0.108. The van der Waals surface area contributed by atoms with E-state index in [1.54, 1.807) is 12.1 Å². The Morgan fingerprint density at radius 1 is 0.676 bits per heavy atom. The molecule has 37 heavy (non-hydrogen) atoms. The van der Waals surface area contributed by atoms with Crippen LogP contribution in [-0.4, -0.2) is 18.5 Å². The van der Waals surface area contributed by atoms with E-state index in [1.165, 1.54) is 64.2 Å². The molecule has 0 aliphatic rings. The van der Waals surface area contributed by atoms with E-state index in [9.17, 15) is 9.59 Å². The van der Waals surface area contributed by atoms with Crippen molar-refractivity contribution < 1.29 is 19.1 Å². The number of carbonyl (C=O) groups is 2. The van der Waals surface area contributed by atoms with Crippen molar-refractivity contribution in [3.8, 4) is 16.9 Å². The van der Waals surface area contributed by atoms with Gasteiger partial charge in [0.05, 0.1) is 12.2 Å². The Bertz CT molecular complexity index is 884. The van der Waals surface area contributed by atoms with Crippen LogP contribution in [0, 0.1) is 5.92 Å². The molecule has 2 aromatic carbocycles. The average molecular weight is 509 g/mol. The van der Waals surface area contributed by atoms with Crippen molar-refractivity contribution in [2.45, 2.75) is 111 Å². The molecule has 0 bridgehead atoms. The molecular weight excluding hydrogens is 460 g/mol. The van der Waals surface area contributed by atoms with Gasteiger partial charge in [-0.2, -0.15) is 0 Å². The van der Waals surface area contributed by atoms with E-state index >= 15 is 0 Å². The van der Waals surface area contributed by atoms with Crippen LogP contribution in [0.5, 0.6) is 5.75 Å². The van der Waals surface area contributed by atoms with Gasteiger partial charge in [0.1, 0.15) is 5.75 Å². The van der Waals surface area contributed by atoms with E-state index in [0.29, 0.717) is 30.3 Å². The molecule has 0 fully saturated rings. The fourth-order valence-electron chi connectivity index (χ4n) is 4.28. The van der Waals surface area contributed by atoms with Crippen molar-refractivity contribution in [3.05, 3.63) is 54.1 Å². The number of carbonyl (C=O) groups excluding carboxylic acids is 2. The second kappa shape index (κ2) is 18.6. The standard InChI is InChI=1S/C33H48O4/c1-4-5-6-7-8-9-10-11-12-13-14-15-16-32(34)37-31-23-21-29(22-24-31)28-17-19-30(20-18-28)33(35)36-26-25-27(2)3/h17-24,27H,4-16,25-26H2,1-3H3. The largest absolute Gasteiger partial charge is 0.462 e. The molecule has 0 N–H and O–H groups in total. The first kappa shape index (κ1) is 30.6. The Labute approximate surface area is 225 Å². The van der Waals surface area contributed by atoms with Crippen LogP contribution < -0.4 is 4.74 Å². The summed E-state index contributed by atoms with van der Waals surface area (Å²) < 4.78 is 10.8. The number of ether oxygens (including phenoxy) is 2. The van der Waals surface area contributed by atoms with Gasteiger partial charge in [0, 0.05) is 6.42 Å². The van der Waals surface area contributed by atoms with Crippen molar-refractivity contribution >= 4 is 11.9 Å². The molecule has 0 spiro atoms. The Balaban J connectivity index is 1.61. The van der Waals surface area contributed by atoms with Crippen LogP contribution in [0.4, 0.5) is 0 Å². The summed E-state index contributed by atoms with van der Waals surface area (Å²) in [5, 5.41) is 0. The van der Waals surface area contributed by atoms with Crippen LogP contribution in [0.25, 0.3) is 11.1 Å². The van der Waals surface area contributed by atoms with Crippen LogP contribution in [-0.2, 0) is 9.53 Å². The lowest BCUT2D eigenvalue weighted by molar-refractivity contribution is -0.134. The van der Waals surface area contributed by atoms with Gasteiger partial charge in [-0.3, -0.25) is 4.79 Å². The fraction of sp³-hybridized carbons (Fsp3) is 0.576. The first-order valence-electron chi connectivity index (χ1n) is 14.6. The summed E-state index contributed by atoms with van der Waals surface area (Å²) >= 11 is 0. The number of rotatable bonds is 19. The molecule has 2 rings (SSSR count). The third kappa shape index (κ3) is 13.5. The van der Waals surface area contributed by atoms with Gasteiger partial charge in [0.2, 0.25) is 0 Å². The number of esters is 2. The van der Waals surface area contributed by atoms with E-state index in [0.717, 1.165) is 30.4 Å². The molecule has 0 aliphatic carbocycles. The molecule has 4 heteroatoms. The van der Waals surface area contributed by atoms with Crippen LogP contribution in [0.1, 0.15) is 121 Å². The highest BCUT2D eigenvalue weighted by molar-refractivity contribution is 5.90. The molecular formula is C33H48O4. The molecule has 0 saturated carbocycles. The maximum absolute atomic E-state index is 12.2. The second-order valence-corrected chi connectivity index (χ2v) is 10.5. The van der Waals surface area contributed by atoms with Gasteiger partial charge in [-0.25, -0.2) is 4.79 Å². The predicted molar refractivity (Wildman–Crippen MR) is 153 cm³/mol. The lowest BCUT2D eigenvalue weighted by Crippen LogP contribution is -2.08. The van der Waals surface area contributed by atoms with Crippen LogP contribution in [0.15, 0.2) is 48.5 Å². The topological polar surface area (TPSA) is 52.6 Å². The molecule has 0 radical (unpaired) electrons. The SMILES string of the molecule is CCCCCCCCCCCCCCC(=O)Oc1ccc(-c2ccc(C(=O)OCCC(C)C)cc2)cc1. The minimum absolute atomic E-state index is 0.167. The number of hydrogen-bond acceptors (Lipinski definition) is 4. The first-order valence-corrected chi connectivity index (χ1v) is 14.6. The molecule has 0 unspecified atom stereocenters. The highest BCUT2D eigenvalue weighted by Gasteiger charge is 2.09. The molecule has 4 nitrogen and oxygen atoms in total. The van der Waals surface area contributed by atoms with Crippen molar-refractivity contribution in [2.75, 3.05) is 6.61 Å². The molecule has 204 valence electrons. The van der Waals surface area contributed by atoms with Gasteiger partial charge >= 0.3 is 11.9 Å². The van der Waals surface area contributed by atoms with Crippen molar-refractivity contribution in [1.82, 2.24) is 0 Å². The maximum Gasteiger partial charge on any atom is 0.338 e. The van der Waals surface area contributed by atoms with E-state index < -0.39 is 0 Å². The molecule has 0 aromatic heterocycles. The van der Waals surface area contributed by atoms with Crippen molar-refractivity contribution in [2.24, 2.45) is 5.92 Å². The number of hydrogen-bond donors (Lipinski definition) is 0. The summed E-state index contributed by atoms with van der Waals surface area (Å²) in [5.74, 6) is 0.618. The molecule has 0 atom stereocenters. The maximum atomic E-state index is 12.2. The highest BCUT2D eigenvalue weighted by Crippen LogP contribution is 2.23. The van der Waals surface area contributed by atoms with Crippen molar-refractivity contribution in [1.29, 1.82) is 0 Å². The van der Waals surface area contributed by atoms with Gasteiger partial charge in [-0.1, -0.05) is 116 Å². The van der Waals surface area contributed by atoms with E-state index in [2.05, 4.69) is 20.8 Å². The molecule has 0 heterocycles. The third-order valence-electron chi connectivity index (χ3n) is 6.70. The average Bonchev–Trinajstić information content (AvgIpc) is 2.89. The van der Waals surface area contributed by atoms with Crippen LogP contribution in [0.3, 0.4) is 0 Å². The molecule has 0 aliphatic heterocycles. The Hall–Kier alpha value is -2.62. The summed E-state index contributed by atoms with van der Waals surface area (Å²) in [6.45, 7) is 6.91. The van der Waals surface area contributed by atoms with Gasteiger partial charge in [-0.15, -0.1) is 0 Å². The van der Waals surface area contributed by atoms with Crippen molar-refractivity contribution in [3.63, 3.8) is 0 Å². The molecule has 0 saturated heterocycles. The second-order valence-electron chi connectivity index (χ2n) is 10.5. The summed E-state index contributed by atoms with van der Waals surface area (Å²) in [6.07, 6.45) is 16.7. The number of unbranched alkanes of at least 4 members (excludes halogenated alkanes) is 11. The predicted octanol–water partition coefficient (Wildman–Crippen LogP) is 9.55. The van der Waals surface area contributed by atoms with Crippen LogP contribution in [0.2, 0.25) is 0 Å². The van der Waals surface area contributed by atoms with Gasteiger partial charge in [0.25, 0.3) is 0 Å². The number of benzene rings is 2. The Kier molecular flexibility index (Phi) is 15.4. The smallest absolute Gasteiger partial charge is 0.338 e. The van der Waals surface area contributed by atoms with E-state index in [-0.39, 0.29) is 11.9 Å². The van der Waals surface area contributed by atoms with Gasteiger partial charge in [-0.05, 0) is 54.2 Å². The minimum Gasteiger partial charge on any atom is -0.462 e. The lowest BCUT2D eigenvalue weighted by atomic mass is 10.0. The molecule has 2 aromatic rings. The summed E-state index contributed by atoms with van der Waals surface area (Å²) in [5.41, 5.74) is 2.55. The monoisotopic (exact) mass is 508 g/mol. The third-order valence-corrected chi connectivity index (χ3v) is 6.70. The zero-order valence-electron chi connectivity index (χ0n) is 23.4. The van der Waals surface area contributed by atoms with E-state index in [1.807, 2.05) is 36.4 Å². The van der Waals surface area contributed by atoms with Crippen LogP contribution >= 0.6 is 0 Å². The fourth-order valence-corrected chi connectivity index (χ4v) is 4.28. The Morgan fingerprint density at radius 3 is 1.68 bits per heavy atom. The van der Waals surface area contributed by atoms with E-state index in [4.69, 9.17) is 9.47 Å². The highest BCUT2D eigenvalue weighted by atomic mass is 16.5. The summed E-state index contributed by atoms with van der Waals surface area (Å²) in [6, 6.07) is 14.9. The minimum atomic E-state index is -0.289. The normalized spacial score (nSPS) is 11.0. The summed E-state index contributed by atoms with van der Waals surface area (Å²) in [7, 11) is 0. The zero-order valence-corrected chi connectivity index (χ0v) is 23.4. The first-order chi connectivity index (χ1) is 18.0. The van der Waals surface area contributed by atoms with Gasteiger partial charge in [0.15, 0.2) is 0 Å². The molecule has 0 amide bonds.